The zero-order valence-electron chi connectivity index (χ0n) is 18.0. The summed E-state index contributed by atoms with van der Waals surface area (Å²) in [6.45, 7) is 3.00. The monoisotopic (exact) mass is 407 g/mol. The van der Waals surface area contributed by atoms with Crippen LogP contribution in [0, 0.1) is 0 Å². The fraction of sp³-hybridized carbons (Fsp3) is 0.364. The number of nitrogen functional groups attached to an aromatic ring is 1. The Kier molecular flexibility index (Phi) is 5.36. The number of nitrogens with zero attached hydrogens (tertiary/aromatic N) is 4. The molecule has 4 N–H and O–H groups in total. The lowest BCUT2D eigenvalue weighted by Crippen LogP contribution is -2.31. The largest absolute Gasteiger partial charge is 0.399 e. The zero-order valence-corrected chi connectivity index (χ0v) is 18.0. The highest BCUT2D eigenvalue weighted by Gasteiger charge is 2.27. The molecule has 8 nitrogen and oxygen atoms in total. The fourth-order valence-electron chi connectivity index (χ4n) is 3.73. The molecule has 30 heavy (non-hydrogen) atoms. The Balaban J connectivity index is 1.81. The van der Waals surface area contributed by atoms with Crippen molar-refractivity contribution in [2.24, 2.45) is 0 Å². The van der Waals surface area contributed by atoms with Gasteiger partial charge in [0, 0.05) is 36.6 Å². The molecule has 1 amide bonds. The van der Waals surface area contributed by atoms with Crippen molar-refractivity contribution in [3.63, 3.8) is 0 Å². The van der Waals surface area contributed by atoms with Crippen molar-refractivity contribution >= 4 is 33.9 Å². The first-order valence-electron chi connectivity index (χ1n) is 10.1. The van der Waals surface area contributed by atoms with Gasteiger partial charge in [0.15, 0.2) is 0 Å². The minimum Gasteiger partial charge on any atom is -0.399 e. The van der Waals surface area contributed by atoms with E-state index in [9.17, 15) is 4.79 Å². The maximum atomic E-state index is 12.9. The Bertz CT molecular complexity index is 1100. The number of hydrogen-bond donors (Lipinski definition) is 3. The van der Waals surface area contributed by atoms with Crippen molar-refractivity contribution < 1.29 is 4.79 Å². The van der Waals surface area contributed by atoms with Crippen LogP contribution in [0.25, 0.3) is 22.2 Å². The Morgan fingerprint density at radius 2 is 1.90 bits per heavy atom. The van der Waals surface area contributed by atoms with E-state index in [0.29, 0.717) is 17.8 Å². The van der Waals surface area contributed by atoms with Gasteiger partial charge < -0.3 is 26.2 Å². The van der Waals surface area contributed by atoms with E-state index in [1.165, 1.54) is 0 Å². The third kappa shape index (κ3) is 3.71. The van der Waals surface area contributed by atoms with Crippen LogP contribution >= 0.6 is 0 Å². The molecule has 0 fully saturated rings. The molecular weight excluding hydrogens is 378 g/mol. The average Bonchev–Trinajstić information content (AvgIpc) is 3.07. The summed E-state index contributed by atoms with van der Waals surface area (Å²) < 4.78 is 2.02. The molecule has 158 valence electrons. The smallest absolute Gasteiger partial charge is 0.253 e. The van der Waals surface area contributed by atoms with Crippen LogP contribution in [0.3, 0.4) is 0 Å². The molecule has 0 spiro atoms. The predicted molar refractivity (Wildman–Crippen MR) is 122 cm³/mol. The van der Waals surface area contributed by atoms with E-state index in [4.69, 9.17) is 10.8 Å². The van der Waals surface area contributed by atoms with Crippen LogP contribution in [-0.4, -0.2) is 73.3 Å². The third-order valence-electron chi connectivity index (χ3n) is 5.33. The quantitative estimate of drug-likeness (QED) is 0.407. The topological polar surface area (TPSA) is 91.5 Å². The molecule has 0 bridgehead atoms. The molecule has 0 atom stereocenters. The van der Waals surface area contributed by atoms with Crippen LogP contribution in [0.4, 0.5) is 17.1 Å². The van der Waals surface area contributed by atoms with Gasteiger partial charge in [-0.15, -0.1) is 0 Å². The molecule has 2 aromatic carbocycles. The summed E-state index contributed by atoms with van der Waals surface area (Å²) in [5.41, 5.74) is 11.9. The Morgan fingerprint density at radius 3 is 2.63 bits per heavy atom. The van der Waals surface area contributed by atoms with E-state index in [1.807, 2.05) is 68.1 Å². The second-order valence-electron chi connectivity index (χ2n) is 8.25. The fourth-order valence-corrected chi connectivity index (χ4v) is 3.73. The van der Waals surface area contributed by atoms with Crippen molar-refractivity contribution in [1.82, 2.24) is 24.9 Å². The number of rotatable bonds is 7. The average molecular weight is 408 g/mol. The van der Waals surface area contributed by atoms with E-state index < -0.39 is 0 Å². The molecule has 2 heterocycles. The molecule has 4 rings (SSSR count). The first-order valence-corrected chi connectivity index (χ1v) is 10.1. The van der Waals surface area contributed by atoms with Crippen molar-refractivity contribution in [2.75, 3.05) is 58.9 Å². The number of benzene rings is 2. The van der Waals surface area contributed by atoms with Gasteiger partial charge in [-0.25, -0.2) is 0 Å². The summed E-state index contributed by atoms with van der Waals surface area (Å²) in [5.74, 6) is -0.0906. The van der Waals surface area contributed by atoms with E-state index in [0.717, 1.165) is 53.2 Å². The third-order valence-corrected chi connectivity index (χ3v) is 5.33. The number of aromatic nitrogens is 2. The van der Waals surface area contributed by atoms with Crippen molar-refractivity contribution in [3.8, 4) is 11.3 Å². The number of amides is 1. The molecule has 0 saturated heterocycles. The lowest BCUT2D eigenvalue weighted by molar-refractivity contribution is 0.0952. The number of likely N-dealkylation sites (N-methyl/N-ethyl adjacent to an activating group) is 2. The highest BCUT2D eigenvalue weighted by Crippen LogP contribution is 2.45. The van der Waals surface area contributed by atoms with E-state index >= 15 is 0 Å². The lowest BCUT2D eigenvalue weighted by atomic mass is 9.96. The first kappa shape index (κ1) is 20.2. The van der Waals surface area contributed by atoms with Crippen LogP contribution in [0.1, 0.15) is 10.4 Å². The second-order valence-corrected chi connectivity index (χ2v) is 8.25. The minimum absolute atomic E-state index is 0.0906. The van der Waals surface area contributed by atoms with Gasteiger partial charge in [0.2, 0.25) is 0 Å². The number of nitrogens with two attached hydrogens (primary N) is 1. The first-order chi connectivity index (χ1) is 14.3. The number of carbonyl (C=O) groups excluding carboxylic acids is 1. The summed E-state index contributed by atoms with van der Waals surface area (Å²) in [7, 11) is 8.06. The number of nitrogens with one attached hydrogen (secondary N) is 2. The van der Waals surface area contributed by atoms with Gasteiger partial charge in [-0.3, -0.25) is 9.48 Å². The maximum Gasteiger partial charge on any atom is 0.253 e. The van der Waals surface area contributed by atoms with Gasteiger partial charge in [0.25, 0.3) is 5.91 Å². The second kappa shape index (κ2) is 7.97. The van der Waals surface area contributed by atoms with Gasteiger partial charge in [0.05, 0.1) is 28.7 Å². The molecule has 3 aromatic rings. The van der Waals surface area contributed by atoms with E-state index in [1.54, 1.807) is 0 Å². The molecule has 0 unspecified atom stereocenters. The summed E-state index contributed by atoms with van der Waals surface area (Å²) in [4.78, 5) is 17.1. The Hall–Kier alpha value is -3.10. The SMILES string of the molecule is CN(C)CCNC(=O)c1ccc2c3c(nn2CCN(C)C)-c2cc(N)ccc2Nc13. The van der Waals surface area contributed by atoms with Crippen LogP contribution < -0.4 is 16.4 Å². The zero-order chi connectivity index (χ0) is 21.4. The number of carbonyl (C=O) groups is 1. The summed E-state index contributed by atoms with van der Waals surface area (Å²) in [5, 5.41) is 12.4. The number of anilines is 3. The number of fused-ring (bicyclic) bond motifs is 2. The highest BCUT2D eigenvalue weighted by atomic mass is 16.1. The normalized spacial score (nSPS) is 12.3. The molecule has 0 radical (unpaired) electrons. The Labute approximate surface area is 176 Å². The summed E-state index contributed by atoms with van der Waals surface area (Å²) in [6, 6.07) is 9.61. The van der Waals surface area contributed by atoms with Gasteiger partial charge in [0.1, 0.15) is 5.69 Å². The van der Waals surface area contributed by atoms with Crippen molar-refractivity contribution in [1.29, 1.82) is 0 Å². The molecular formula is C22H29N7O. The lowest BCUT2D eigenvalue weighted by Gasteiger charge is -2.21. The molecule has 1 aliphatic rings. The van der Waals surface area contributed by atoms with Crippen LogP contribution in [0.5, 0.6) is 0 Å². The van der Waals surface area contributed by atoms with Gasteiger partial charge in [-0.1, -0.05) is 0 Å². The maximum absolute atomic E-state index is 12.9. The van der Waals surface area contributed by atoms with Crippen molar-refractivity contribution in [3.05, 3.63) is 35.9 Å². The van der Waals surface area contributed by atoms with Gasteiger partial charge in [-0.05, 0) is 58.5 Å². The van der Waals surface area contributed by atoms with Gasteiger partial charge >= 0.3 is 0 Å². The number of hydrogen-bond acceptors (Lipinski definition) is 6. The highest BCUT2D eigenvalue weighted by molar-refractivity contribution is 6.16. The molecule has 0 saturated carbocycles. The van der Waals surface area contributed by atoms with Gasteiger partial charge in [-0.2, -0.15) is 5.10 Å². The molecule has 1 aromatic heterocycles. The molecule has 8 heteroatoms. The van der Waals surface area contributed by atoms with Crippen LogP contribution in [-0.2, 0) is 6.54 Å². The molecule has 1 aliphatic heterocycles. The summed E-state index contributed by atoms with van der Waals surface area (Å²) >= 11 is 0. The van der Waals surface area contributed by atoms with E-state index in [-0.39, 0.29) is 5.91 Å². The van der Waals surface area contributed by atoms with Crippen LogP contribution in [0.15, 0.2) is 30.3 Å². The van der Waals surface area contributed by atoms with Crippen molar-refractivity contribution in [2.45, 2.75) is 6.54 Å². The standard InChI is InChI=1S/C22H29N7O/c1-27(2)10-9-24-22(30)15-6-8-18-19-20(15)25-17-7-5-14(23)13-16(17)21(19)26-29(18)12-11-28(3)4/h5-8,13,25H,9-12,23H2,1-4H3,(H,24,30). The minimum atomic E-state index is -0.0906. The van der Waals surface area contributed by atoms with E-state index in [2.05, 4.69) is 15.5 Å². The Morgan fingerprint density at radius 1 is 1.13 bits per heavy atom. The summed E-state index contributed by atoms with van der Waals surface area (Å²) in [6.07, 6.45) is 0. The molecule has 0 aliphatic carbocycles. The van der Waals surface area contributed by atoms with Crippen LogP contribution in [0.2, 0.25) is 0 Å². The predicted octanol–water partition coefficient (Wildman–Crippen LogP) is 2.20.